The first-order valence-electron chi connectivity index (χ1n) is 3.83. The van der Waals surface area contributed by atoms with Gasteiger partial charge >= 0.3 is 5.97 Å². The van der Waals surface area contributed by atoms with Gasteiger partial charge in [0, 0.05) is 0 Å². The van der Waals surface area contributed by atoms with Crippen LogP contribution >= 0.6 is 0 Å². The normalized spacial score (nSPS) is 43.8. The van der Waals surface area contributed by atoms with Gasteiger partial charge in [-0.15, -0.1) is 0 Å². The first kappa shape index (κ1) is 8.42. The Morgan fingerprint density at radius 3 is 2.38 bits per heavy atom. The van der Waals surface area contributed by atoms with Gasteiger partial charge in [-0.2, -0.15) is 5.26 Å². The zero-order valence-corrected chi connectivity index (χ0v) is 6.93. The van der Waals surface area contributed by atoms with Crippen LogP contribution < -0.4 is 0 Å². The van der Waals surface area contributed by atoms with Gasteiger partial charge in [-0.1, -0.05) is 0 Å². The highest BCUT2D eigenvalue weighted by Gasteiger charge is 2.92. The molecule has 5 heteroatoms. The van der Waals surface area contributed by atoms with Crippen molar-refractivity contribution >= 4 is 5.97 Å². The maximum atomic E-state index is 13.2. The SMILES string of the molecule is COC(=O)C12CC(C#N)(C1)C2(F)F. The van der Waals surface area contributed by atoms with Crippen LogP contribution in [0.2, 0.25) is 0 Å². The van der Waals surface area contributed by atoms with E-state index in [1.165, 1.54) is 0 Å². The second kappa shape index (κ2) is 1.84. The molecule has 13 heavy (non-hydrogen) atoms. The Kier molecular flexibility index (Phi) is 1.19. The average Bonchev–Trinajstić information content (AvgIpc) is 2.02. The number of esters is 1. The molecule has 0 unspecified atom stereocenters. The monoisotopic (exact) mass is 187 g/mol. The number of hydrogen-bond acceptors (Lipinski definition) is 3. The van der Waals surface area contributed by atoms with Crippen LogP contribution in [0.3, 0.4) is 0 Å². The van der Waals surface area contributed by atoms with E-state index in [2.05, 4.69) is 4.74 Å². The Hall–Kier alpha value is -1.18. The predicted octanol–water partition coefficient (Wildman–Crippen LogP) is 1.10. The number of ether oxygens (including phenoxy) is 1. The van der Waals surface area contributed by atoms with E-state index >= 15 is 0 Å². The molecule has 3 aliphatic carbocycles. The first-order chi connectivity index (χ1) is 5.96. The summed E-state index contributed by atoms with van der Waals surface area (Å²) in [4.78, 5) is 11.0. The van der Waals surface area contributed by atoms with Crippen LogP contribution in [-0.2, 0) is 9.53 Å². The van der Waals surface area contributed by atoms with E-state index in [1.807, 2.05) is 0 Å². The first-order valence-corrected chi connectivity index (χ1v) is 3.83. The van der Waals surface area contributed by atoms with Crippen molar-refractivity contribution in [2.24, 2.45) is 10.8 Å². The van der Waals surface area contributed by atoms with Gasteiger partial charge in [-0.3, -0.25) is 4.79 Å². The van der Waals surface area contributed by atoms with Crippen molar-refractivity contribution < 1.29 is 18.3 Å². The number of nitriles is 1. The summed E-state index contributed by atoms with van der Waals surface area (Å²) in [6.07, 6.45) is -0.119. The molecule has 0 aromatic heterocycles. The summed E-state index contributed by atoms with van der Waals surface area (Å²) >= 11 is 0. The highest BCUT2D eigenvalue weighted by Crippen LogP contribution is 2.81. The van der Waals surface area contributed by atoms with E-state index < -0.39 is 22.7 Å². The van der Waals surface area contributed by atoms with Gasteiger partial charge in [-0.25, -0.2) is 8.78 Å². The molecule has 0 saturated heterocycles. The Balaban J connectivity index is 2.29. The molecule has 70 valence electrons. The predicted molar refractivity (Wildman–Crippen MR) is 36.7 cm³/mol. The fraction of sp³-hybridized carbons (Fsp3) is 0.750. The Bertz CT molecular complexity index is 326. The van der Waals surface area contributed by atoms with Crippen LogP contribution in [0.5, 0.6) is 0 Å². The van der Waals surface area contributed by atoms with Crippen LogP contribution in [0.15, 0.2) is 0 Å². The largest absolute Gasteiger partial charge is 0.468 e. The molecule has 3 fully saturated rings. The Morgan fingerprint density at radius 2 is 2.08 bits per heavy atom. The summed E-state index contributed by atoms with van der Waals surface area (Å²) in [5.41, 5.74) is -3.27. The van der Waals surface area contributed by atoms with Crippen LogP contribution in [0.4, 0.5) is 8.78 Å². The van der Waals surface area contributed by atoms with Crippen molar-refractivity contribution in [3.63, 3.8) is 0 Å². The third-order valence-corrected chi connectivity index (χ3v) is 3.20. The molecule has 0 heterocycles. The molecule has 0 aromatic carbocycles. The number of hydrogen-bond donors (Lipinski definition) is 0. The molecule has 0 spiro atoms. The van der Waals surface area contributed by atoms with Crippen molar-refractivity contribution in [3.8, 4) is 6.07 Å². The number of carbonyl (C=O) groups is 1. The minimum atomic E-state index is -3.19. The number of methoxy groups -OCH3 is 1. The van der Waals surface area contributed by atoms with Crippen LogP contribution in [-0.4, -0.2) is 19.0 Å². The molecule has 0 aliphatic heterocycles. The van der Waals surface area contributed by atoms with Gasteiger partial charge in [0.1, 0.15) is 10.8 Å². The zero-order chi connectivity index (χ0) is 9.91. The topological polar surface area (TPSA) is 50.1 Å². The molecule has 3 aliphatic rings. The average molecular weight is 187 g/mol. The van der Waals surface area contributed by atoms with E-state index in [0.717, 1.165) is 7.11 Å². The number of halogens is 2. The van der Waals surface area contributed by atoms with E-state index in [9.17, 15) is 13.6 Å². The molecule has 3 rings (SSSR count). The quantitative estimate of drug-likeness (QED) is 0.577. The standard InChI is InChI=1S/C8H7F2NO2/c1-13-5(12)7-2-6(3-7,4-11)8(7,9)10/h2-3H2,1H3. The van der Waals surface area contributed by atoms with Gasteiger partial charge in [0.05, 0.1) is 13.2 Å². The van der Waals surface area contributed by atoms with Gasteiger partial charge in [0.2, 0.25) is 0 Å². The summed E-state index contributed by atoms with van der Waals surface area (Å²) in [6, 6.07) is 1.58. The summed E-state index contributed by atoms with van der Waals surface area (Å²) < 4.78 is 30.7. The number of carbonyl (C=O) groups excluding carboxylic acids is 1. The Morgan fingerprint density at radius 1 is 1.54 bits per heavy atom. The summed E-state index contributed by atoms with van der Waals surface area (Å²) in [5, 5.41) is 8.51. The molecular formula is C8H7F2NO2. The van der Waals surface area contributed by atoms with Gasteiger partial charge in [-0.05, 0) is 12.8 Å². The molecule has 2 bridgehead atoms. The van der Waals surface area contributed by atoms with Crippen molar-refractivity contribution in [1.82, 2.24) is 0 Å². The molecule has 0 atom stereocenters. The van der Waals surface area contributed by atoms with Gasteiger partial charge in [0.25, 0.3) is 5.92 Å². The second-order valence-corrected chi connectivity index (χ2v) is 3.70. The van der Waals surface area contributed by atoms with E-state index in [0.29, 0.717) is 0 Å². The summed E-state index contributed by atoms with van der Waals surface area (Å²) in [6.45, 7) is 0. The van der Waals surface area contributed by atoms with Crippen molar-refractivity contribution in [2.45, 2.75) is 18.8 Å². The molecule has 0 amide bonds. The molecule has 0 N–H and O–H groups in total. The lowest BCUT2D eigenvalue weighted by Gasteiger charge is -2.69. The molecule has 0 aromatic rings. The highest BCUT2D eigenvalue weighted by atomic mass is 19.3. The molecular weight excluding hydrogens is 180 g/mol. The highest BCUT2D eigenvalue weighted by molar-refractivity contribution is 5.84. The molecule has 3 nitrogen and oxygen atoms in total. The van der Waals surface area contributed by atoms with Crippen molar-refractivity contribution in [3.05, 3.63) is 0 Å². The lowest BCUT2D eigenvalue weighted by atomic mass is 9.32. The smallest absolute Gasteiger partial charge is 0.318 e. The minimum absolute atomic E-state index is 0.0594. The third kappa shape index (κ3) is 0.531. The van der Waals surface area contributed by atoms with Crippen LogP contribution in [0, 0.1) is 22.2 Å². The molecule has 0 radical (unpaired) electrons. The number of nitrogens with zero attached hydrogens (tertiary/aromatic N) is 1. The lowest BCUT2D eigenvalue weighted by molar-refractivity contribution is -0.373. The van der Waals surface area contributed by atoms with E-state index in [4.69, 9.17) is 5.26 Å². The van der Waals surface area contributed by atoms with Crippen LogP contribution in [0.1, 0.15) is 12.8 Å². The van der Waals surface area contributed by atoms with Gasteiger partial charge in [0.15, 0.2) is 0 Å². The molecule has 3 saturated carbocycles. The Labute approximate surface area is 73.3 Å². The van der Waals surface area contributed by atoms with Crippen LogP contribution in [0.25, 0.3) is 0 Å². The zero-order valence-electron chi connectivity index (χ0n) is 6.93. The van der Waals surface area contributed by atoms with Crippen molar-refractivity contribution in [2.75, 3.05) is 7.11 Å². The van der Waals surface area contributed by atoms with Crippen molar-refractivity contribution in [1.29, 1.82) is 5.26 Å². The maximum absolute atomic E-state index is 13.2. The number of alkyl halides is 2. The maximum Gasteiger partial charge on any atom is 0.318 e. The second-order valence-electron chi connectivity index (χ2n) is 3.70. The summed E-state index contributed by atoms with van der Waals surface area (Å²) in [5.74, 6) is -4.09. The minimum Gasteiger partial charge on any atom is -0.468 e. The fourth-order valence-corrected chi connectivity index (χ4v) is 2.28. The van der Waals surface area contributed by atoms with Gasteiger partial charge < -0.3 is 4.74 Å². The lowest BCUT2D eigenvalue weighted by Crippen LogP contribution is -2.81. The van der Waals surface area contributed by atoms with E-state index in [1.54, 1.807) is 6.07 Å². The third-order valence-electron chi connectivity index (χ3n) is 3.20. The van der Waals surface area contributed by atoms with E-state index in [-0.39, 0.29) is 12.8 Å². The summed E-state index contributed by atoms with van der Waals surface area (Å²) in [7, 11) is 1.08. The number of rotatable bonds is 1. The fourth-order valence-electron chi connectivity index (χ4n) is 2.28.